The molecule has 0 fully saturated rings. The normalized spacial score (nSPS) is 16.4. The second-order valence-electron chi connectivity index (χ2n) is 15.0. The van der Waals surface area contributed by atoms with Gasteiger partial charge in [-0.1, -0.05) is 76.4 Å². The van der Waals surface area contributed by atoms with Crippen LogP contribution in [0.25, 0.3) is 33.3 Å². The van der Waals surface area contributed by atoms with Crippen molar-refractivity contribution in [2.75, 3.05) is 0 Å². The Hall–Kier alpha value is -3.95. The van der Waals surface area contributed by atoms with E-state index in [1.807, 2.05) is 12.3 Å². The van der Waals surface area contributed by atoms with Gasteiger partial charge in [-0.05, 0) is 92.6 Å². The van der Waals surface area contributed by atoms with Crippen molar-refractivity contribution in [2.24, 2.45) is 5.92 Å². The molecule has 260 valence electrons. The predicted octanol–water partition coefficient (Wildman–Crippen LogP) is 11.5. The Balaban J connectivity index is 0.00000432. The zero-order valence-corrected chi connectivity index (χ0v) is 32.9. The molecule has 0 amide bonds. The van der Waals surface area contributed by atoms with Gasteiger partial charge in [-0.25, -0.2) is 4.98 Å². The maximum absolute atomic E-state index is 6.68. The van der Waals surface area contributed by atoms with Crippen LogP contribution in [0, 0.1) is 31.9 Å². The van der Waals surface area contributed by atoms with Crippen molar-refractivity contribution in [3.63, 3.8) is 0 Å². The number of pyridine rings is 1. The van der Waals surface area contributed by atoms with Crippen molar-refractivity contribution in [1.82, 2.24) is 19.3 Å². The van der Waals surface area contributed by atoms with Gasteiger partial charge in [0.1, 0.15) is 5.82 Å². The molecule has 1 aliphatic carbocycles. The molecule has 3 aromatic carbocycles. The third-order valence-electron chi connectivity index (χ3n) is 10.4. The Labute approximate surface area is 312 Å². The molecule has 3 heterocycles. The van der Waals surface area contributed by atoms with Crippen molar-refractivity contribution >= 4 is 21.8 Å². The van der Waals surface area contributed by atoms with E-state index < -0.39 is 0 Å². The van der Waals surface area contributed by atoms with Gasteiger partial charge in [0, 0.05) is 40.4 Å². The molecular formula is C44H48N4OPt. The summed E-state index contributed by atoms with van der Waals surface area (Å²) in [6.07, 6.45) is 10.0. The average molecular weight is 844 g/mol. The average Bonchev–Trinajstić information content (AvgIpc) is 3.56. The number of benzene rings is 3. The molecule has 0 saturated carbocycles. The summed E-state index contributed by atoms with van der Waals surface area (Å²) < 4.78 is 11.0. The van der Waals surface area contributed by atoms with E-state index in [1.54, 1.807) is 0 Å². The van der Waals surface area contributed by atoms with Gasteiger partial charge in [0.05, 0.1) is 5.69 Å². The molecule has 2 atom stereocenters. The van der Waals surface area contributed by atoms with E-state index >= 15 is 0 Å². The van der Waals surface area contributed by atoms with Gasteiger partial charge in [0.2, 0.25) is 0 Å². The molecule has 50 heavy (non-hydrogen) atoms. The summed E-state index contributed by atoms with van der Waals surface area (Å²) >= 11 is 0. The van der Waals surface area contributed by atoms with E-state index in [1.165, 1.54) is 34.2 Å². The van der Waals surface area contributed by atoms with Crippen LogP contribution in [0.15, 0.2) is 78.5 Å². The Bertz CT molecular complexity index is 2200. The molecule has 5 nitrogen and oxygen atoms in total. The van der Waals surface area contributed by atoms with E-state index in [4.69, 9.17) is 14.8 Å². The molecule has 1 unspecified atom stereocenters. The third kappa shape index (κ3) is 6.74. The standard InChI is InChI=1S/C44H48N4O.Pt/c1-9-10-16-32-21-22-45-41(23-32)47-39-18-12-11-17-37(39)38-20-19-35(27-40(38)47)49-36-25-33(44(6,7)8)24-34(26-36)48-31(5)43(30(4)46-48)42-28(2)14-13-15-29(42)3;/h11-12,14,17-25,29,42H,9-10,13,15-16H2,1-8H3;/q-2;+2/t29-,42?;/m0./s1. The number of aromatic nitrogens is 4. The van der Waals surface area contributed by atoms with Crippen LogP contribution in [0.3, 0.4) is 0 Å². The van der Waals surface area contributed by atoms with E-state index in [0.29, 0.717) is 23.3 Å². The quantitative estimate of drug-likeness (QED) is 0.113. The van der Waals surface area contributed by atoms with Crippen molar-refractivity contribution in [2.45, 2.75) is 98.8 Å². The van der Waals surface area contributed by atoms with Crippen LogP contribution < -0.4 is 4.74 Å². The number of hydrogen-bond acceptors (Lipinski definition) is 3. The Morgan fingerprint density at radius 2 is 1.74 bits per heavy atom. The number of rotatable bonds is 8. The van der Waals surface area contributed by atoms with Gasteiger partial charge in [-0.3, -0.25) is 4.68 Å². The largest absolute Gasteiger partial charge is 2.00 e. The molecule has 0 spiro atoms. The van der Waals surface area contributed by atoms with Crippen molar-refractivity contribution in [3.05, 3.63) is 119 Å². The Morgan fingerprint density at radius 3 is 2.50 bits per heavy atom. The van der Waals surface area contributed by atoms with Crippen LogP contribution in [0.2, 0.25) is 0 Å². The van der Waals surface area contributed by atoms with Gasteiger partial charge in [0.25, 0.3) is 0 Å². The Morgan fingerprint density at radius 1 is 0.940 bits per heavy atom. The fourth-order valence-corrected chi connectivity index (χ4v) is 7.71. The number of fused-ring (bicyclic) bond motifs is 3. The molecular weight excluding hydrogens is 796 g/mol. The number of allylic oxidation sites excluding steroid dienone is 2. The van der Waals surface area contributed by atoms with Crippen LogP contribution in [0.5, 0.6) is 11.5 Å². The third-order valence-corrected chi connectivity index (χ3v) is 10.4. The topological polar surface area (TPSA) is 44.9 Å². The van der Waals surface area contributed by atoms with Gasteiger partial charge in [0.15, 0.2) is 0 Å². The number of para-hydroxylation sites is 1. The molecule has 3 aromatic heterocycles. The SMILES string of the molecule is CCCCc1ccnc(-n2c3[c-]c(Oc4[c-]c(-n5nc(C)c(C6C(C)=CCC[C@@H]6C)c5C)cc(C(C)(C)C)c4)ccc3c3ccccc32)c1.[Pt+2]. The minimum atomic E-state index is -0.105. The molecule has 6 aromatic rings. The van der Waals surface area contributed by atoms with Gasteiger partial charge >= 0.3 is 21.1 Å². The van der Waals surface area contributed by atoms with E-state index in [-0.39, 0.29) is 26.5 Å². The number of ether oxygens (including phenoxy) is 1. The van der Waals surface area contributed by atoms with Gasteiger partial charge in [-0.15, -0.1) is 41.3 Å². The van der Waals surface area contributed by atoms with E-state index in [0.717, 1.165) is 64.9 Å². The number of nitrogens with zero attached hydrogens (tertiary/aromatic N) is 4. The molecule has 0 aliphatic heterocycles. The zero-order valence-electron chi connectivity index (χ0n) is 30.6. The fourth-order valence-electron chi connectivity index (χ4n) is 7.71. The minimum absolute atomic E-state index is 0. The Kier molecular flexibility index (Phi) is 10.3. The summed E-state index contributed by atoms with van der Waals surface area (Å²) in [4.78, 5) is 4.83. The second-order valence-corrected chi connectivity index (χ2v) is 15.0. The smallest absolute Gasteiger partial charge is 0.509 e. The first-order valence-corrected chi connectivity index (χ1v) is 17.9. The van der Waals surface area contributed by atoms with Crippen LogP contribution >= 0.6 is 0 Å². The number of aryl methyl sites for hydroxylation is 2. The van der Waals surface area contributed by atoms with Gasteiger partial charge < -0.3 is 9.30 Å². The van der Waals surface area contributed by atoms with Crippen LogP contribution in [-0.4, -0.2) is 19.3 Å². The summed E-state index contributed by atoms with van der Waals surface area (Å²) in [5.41, 5.74) is 10.3. The van der Waals surface area contributed by atoms with Crippen molar-refractivity contribution in [3.8, 4) is 23.0 Å². The molecule has 6 heteroatoms. The molecule has 7 rings (SSSR count). The second kappa shape index (κ2) is 14.3. The van der Waals surface area contributed by atoms with Crippen LogP contribution in [-0.2, 0) is 32.9 Å². The van der Waals surface area contributed by atoms with Crippen molar-refractivity contribution < 1.29 is 25.8 Å². The summed E-state index contributed by atoms with van der Waals surface area (Å²) in [6, 6.07) is 28.6. The monoisotopic (exact) mass is 843 g/mol. The number of unbranched alkanes of at least 4 members (excludes halogenated alkanes) is 1. The predicted molar refractivity (Wildman–Crippen MR) is 202 cm³/mol. The molecule has 0 saturated heterocycles. The summed E-state index contributed by atoms with van der Waals surface area (Å²) in [5.74, 6) is 3.15. The first-order valence-electron chi connectivity index (χ1n) is 17.9. The molecule has 1 aliphatic rings. The summed E-state index contributed by atoms with van der Waals surface area (Å²) in [6.45, 7) is 17.9. The van der Waals surface area contributed by atoms with E-state index in [2.05, 4.69) is 137 Å². The number of hydrogen-bond donors (Lipinski definition) is 0. The van der Waals surface area contributed by atoms with Crippen LogP contribution in [0.1, 0.15) is 101 Å². The van der Waals surface area contributed by atoms with Crippen molar-refractivity contribution in [1.29, 1.82) is 0 Å². The summed E-state index contributed by atoms with van der Waals surface area (Å²) in [5, 5.41) is 7.40. The maximum Gasteiger partial charge on any atom is 2.00 e. The van der Waals surface area contributed by atoms with Crippen LogP contribution in [0.4, 0.5) is 0 Å². The first-order chi connectivity index (χ1) is 23.5. The molecule has 0 bridgehead atoms. The first kappa shape index (κ1) is 35.9. The fraction of sp³-hybridized carbons (Fsp3) is 0.364. The molecule has 0 radical (unpaired) electrons. The van der Waals surface area contributed by atoms with E-state index in [9.17, 15) is 0 Å². The van der Waals surface area contributed by atoms with Gasteiger partial charge in [-0.2, -0.15) is 11.2 Å². The molecule has 0 N–H and O–H groups in total. The maximum atomic E-state index is 6.68. The minimum Gasteiger partial charge on any atom is -0.509 e. The zero-order chi connectivity index (χ0) is 34.4. The summed E-state index contributed by atoms with van der Waals surface area (Å²) in [7, 11) is 0.